The van der Waals surface area contributed by atoms with Gasteiger partial charge in [-0.25, -0.2) is 4.79 Å². The molecule has 0 unspecified atom stereocenters. The molecule has 1 aliphatic rings. The summed E-state index contributed by atoms with van der Waals surface area (Å²) in [6.07, 6.45) is 2.26. The smallest absolute Gasteiger partial charge is 0.335 e. The van der Waals surface area contributed by atoms with E-state index in [9.17, 15) is 9.59 Å². The highest BCUT2D eigenvalue weighted by Crippen LogP contribution is 2.29. The first-order valence-electron chi connectivity index (χ1n) is 5.58. The van der Waals surface area contributed by atoms with Crippen molar-refractivity contribution in [3.63, 3.8) is 0 Å². The maximum absolute atomic E-state index is 11.7. The van der Waals surface area contributed by atoms with E-state index in [0.717, 1.165) is 29.3 Å². The molecular formula is C13H11NO3. The Morgan fingerprint density at radius 2 is 2.12 bits per heavy atom. The Morgan fingerprint density at radius 1 is 1.29 bits per heavy atom. The number of ketones is 1. The number of carboxylic acid groups (broad SMARTS) is 1. The van der Waals surface area contributed by atoms with Crippen LogP contribution in [0, 0.1) is 0 Å². The molecule has 0 radical (unpaired) electrons. The maximum Gasteiger partial charge on any atom is 0.335 e. The van der Waals surface area contributed by atoms with Crippen molar-refractivity contribution in [1.29, 1.82) is 0 Å². The van der Waals surface area contributed by atoms with Crippen LogP contribution in [-0.2, 0) is 6.42 Å². The van der Waals surface area contributed by atoms with Gasteiger partial charge >= 0.3 is 5.97 Å². The number of aromatic amines is 1. The van der Waals surface area contributed by atoms with Gasteiger partial charge in [-0.15, -0.1) is 0 Å². The van der Waals surface area contributed by atoms with Crippen molar-refractivity contribution in [2.45, 2.75) is 19.3 Å². The Kier molecular flexibility index (Phi) is 2.04. The van der Waals surface area contributed by atoms with Crippen LogP contribution in [0.3, 0.4) is 0 Å². The topological polar surface area (TPSA) is 70.2 Å². The average Bonchev–Trinajstić information content (AvgIpc) is 2.68. The van der Waals surface area contributed by atoms with Gasteiger partial charge in [-0.2, -0.15) is 0 Å². The van der Waals surface area contributed by atoms with Crippen LogP contribution in [0.2, 0.25) is 0 Å². The minimum absolute atomic E-state index is 0.124. The van der Waals surface area contributed by atoms with E-state index in [4.69, 9.17) is 5.11 Å². The van der Waals surface area contributed by atoms with Crippen LogP contribution in [0.15, 0.2) is 18.2 Å². The van der Waals surface area contributed by atoms with E-state index in [2.05, 4.69) is 4.98 Å². The van der Waals surface area contributed by atoms with E-state index in [-0.39, 0.29) is 11.3 Å². The molecule has 4 heteroatoms. The van der Waals surface area contributed by atoms with Crippen LogP contribution in [0.1, 0.15) is 39.3 Å². The second-order valence-electron chi connectivity index (χ2n) is 4.32. The van der Waals surface area contributed by atoms with Gasteiger partial charge < -0.3 is 10.1 Å². The fraction of sp³-hybridized carbons (Fsp3) is 0.231. The molecule has 86 valence electrons. The summed E-state index contributed by atoms with van der Waals surface area (Å²) in [6.45, 7) is 0. The number of carbonyl (C=O) groups is 2. The first-order valence-corrected chi connectivity index (χ1v) is 5.58. The van der Waals surface area contributed by atoms with Gasteiger partial charge in [0.25, 0.3) is 0 Å². The monoisotopic (exact) mass is 229 g/mol. The third kappa shape index (κ3) is 1.45. The maximum atomic E-state index is 11.7. The van der Waals surface area contributed by atoms with Gasteiger partial charge in [0.2, 0.25) is 0 Å². The molecule has 17 heavy (non-hydrogen) atoms. The van der Waals surface area contributed by atoms with Gasteiger partial charge in [-0.1, -0.05) is 0 Å². The van der Waals surface area contributed by atoms with Crippen LogP contribution in [0.25, 0.3) is 10.9 Å². The molecular weight excluding hydrogens is 218 g/mol. The number of hydrogen-bond donors (Lipinski definition) is 2. The summed E-state index contributed by atoms with van der Waals surface area (Å²) in [5.74, 6) is -0.816. The van der Waals surface area contributed by atoms with Gasteiger partial charge in [-0.05, 0) is 36.6 Å². The quantitative estimate of drug-likeness (QED) is 0.788. The van der Waals surface area contributed by atoms with Crippen molar-refractivity contribution in [3.8, 4) is 0 Å². The summed E-state index contributed by atoms with van der Waals surface area (Å²) in [7, 11) is 0. The van der Waals surface area contributed by atoms with Crippen LogP contribution < -0.4 is 0 Å². The zero-order valence-electron chi connectivity index (χ0n) is 9.12. The van der Waals surface area contributed by atoms with Gasteiger partial charge in [0.05, 0.1) is 11.3 Å². The van der Waals surface area contributed by atoms with Crippen molar-refractivity contribution in [2.75, 3.05) is 0 Å². The molecule has 0 saturated carbocycles. The standard InChI is InChI=1S/C13H11NO3/c15-11-3-1-2-8-9-6-7(13(16)17)4-5-10(9)14-12(8)11/h4-6,14H,1-3H2,(H,16,17). The number of H-pyrrole nitrogens is 1. The number of nitrogens with one attached hydrogen (secondary N) is 1. The first kappa shape index (κ1) is 10.1. The van der Waals surface area contributed by atoms with E-state index in [1.807, 2.05) is 0 Å². The summed E-state index contributed by atoms with van der Waals surface area (Å²) in [5, 5.41) is 9.83. The number of rotatable bonds is 1. The Labute approximate surface area is 97.3 Å². The van der Waals surface area contributed by atoms with Crippen LogP contribution in [0.4, 0.5) is 0 Å². The van der Waals surface area contributed by atoms with Crippen LogP contribution >= 0.6 is 0 Å². The van der Waals surface area contributed by atoms with Crippen molar-refractivity contribution in [1.82, 2.24) is 4.98 Å². The van der Waals surface area contributed by atoms with Crippen molar-refractivity contribution in [3.05, 3.63) is 35.0 Å². The van der Waals surface area contributed by atoms with E-state index < -0.39 is 5.97 Å². The van der Waals surface area contributed by atoms with E-state index in [1.165, 1.54) is 0 Å². The van der Waals surface area contributed by atoms with Gasteiger partial charge in [0.15, 0.2) is 5.78 Å². The fourth-order valence-corrected chi connectivity index (χ4v) is 2.43. The fourth-order valence-electron chi connectivity index (χ4n) is 2.43. The van der Waals surface area contributed by atoms with Crippen molar-refractivity contribution < 1.29 is 14.7 Å². The summed E-state index contributed by atoms with van der Waals surface area (Å²) in [6, 6.07) is 4.92. The lowest BCUT2D eigenvalue weighted by atomic mass is 9.94. The highest BCUT2D eigenvalue weighted by atomic mass is 16.4. The molecule has 1 aromatic heterocycles. The first-order chi connectivity index (χ1) is 8.16. The molecule has 0 bridgehead atoms. The molecule has 1 aliphatic carbocycles. The lowest BCUT2D eigenvalue weighted by Gasteiger charge is -2.09. The lowest BCUT2D eigenvalue weighted by molar-refractivity contribution is 0.0697. The van der Waals surface area contributed by atoms with Gasteiger partial charge in [0.1, 0.15) is 0 Å². The molecule has 0 spiro atoms. The average molecular weight is 229 g/mol. The summed E-state index contributed by atoms with van der Waals surface area (Å²) in [5.41, 5.74) is 2.74. The molecule has 0 aliphatic heterocycles. The Balaban J connectivity index is 2.29. The number of carboxylic acids is 1. The summed E-state index contributed by atoms with van der Waals surface area (Å²) in [4.78, 5) is 25.7. The third-order valence-electron chi connectivity index (χ3n) is 3.26. The summed E-state index contributed by atoms with van der Waals surface area (Å²) < 4.78 is 0. The van der Waals surface area contributed by atoms with Crippen molar-refractivity contribution in [2.24, 2.45) is 0 Å². The molecule has 1 heterocycles. The van der Waals surface area contributed by atoms with E-state index >= 15 is 0 Å². The molecule has 0 atom stereocenters. The zero-order valence-corrected chi connectivity index (χ0v) is 9.12. The zero-order chi connectivity index (χ0) is 12.0. The van der Waals surface area contributed by atoms with Crippen LogP contribution in [-0.4, -0.2) is 21.8 Å². The second kappa shape index (κ2) is 3.45. The number of fused-ring (bicyclic) bond motifs is 3. The third-order valence-corrected chi connectivity index (χ3v) is 3.26. The highest BCUT2D eigenvalue weighted by molar-refractivity contribution is 6.04. The number of aromatic nitrogens is 1. The van der Waals surface area contributed by atoms with Crippen molar-refractivity contribution >= 4 is 22.7 Å². The van der Waals surface area contributed by atoms with Crippen LogP contribution in [0.5, 0.6) is 0 Å². The minimum Gasteiger partial charge on any atom is -0.478 e. The SMILES string of the molecule is O=C(O)c1ccc2[nH]c3c(c2c1)CCCC3=O. The number of Topliss-reactive ketones (excluding diaryl/α,β-unsaturated/α-hetero) is 1. The number of aryl methyl sites for hydroxylation is 1. The molecule has 0 saturated heterocycles. The molecule has 4 nitrogen and oxygen atoms in total. The van der Waals surface area contributed by atoms with Gasteiger partial charge in [0, 0.05) is 17.3 Å². The number of hydrogen-bond acceptors (Lipinski definition) is 2. The molecule has 2 N–H and O–H groups in total. The number of benzene rings is 1. The number of carbonyl (C=O) groups excluding carboxylic acids is 1. The molecule has 2 aromatic rings. The predicted octanol–water partition coefficient (Wildman–Crippen LogP) is 2.39. The molecule has 0 fully saturated rings. The second-order valence-corrected chi connectivity index (χ2v) is 4.32. The minimum atomic E-state index is -0.941. The highest BCUT2D eigenvalue weighted by Gasteiger charge is 2.22. The number of aromatic carboxylic acids is 1. The van der Waals surface area contributed by atoms with E-state index in [1.54, 1.807) is 18.2 Å². The molecule has 3 rings (SSSR count). The van der Waals surface area contributed by atoms with Gasteiger partial charge in [-0.3, -0.25) is 4.79 Å². The summed E-state index contributed by atoms with van der Waals surface area (Å²) >= 11 is 0. The normalized spacial score (nSPS) is 14.9. The Bertz CT molecular complexity index is 639. The Hall–Kier alpha value is -2.10. The molecule has 1 aromatic carbocycles. The Morgan fingerprint density at radius 3 is 2.88 bits per heavy atom. The largest absolute Gasteiger partial charge is 0.478 e. The predicted molar refractivity (Wildman–Crippen MR) is 62.5 cm³/mol. The lowest BCUT2D eigenvalue weighted by Crippen LogP contribution is -2.09. The molecule has 0 amide bonds. The van der Waals surface area contributed by atoms with E-state index in [0.29, 0.717) is 12.1 Å².